The van der Waals surface area contributed by atoms with E-state index in [1.54, 1.807) is 6.20 Å². The zero-order valence-electron chi connectivity index (χ0n) is 9.13. The molecular formula is C12H14N4. The highest BCUT2D eigenvalue weighted by atomic mass is 15.3. The Balaban J connectivity index is 2.06. The molecule has 1 aliphatic heterocycles. The van der Waals surface area contributed by atoms with Crippen LogP contribution in [-0.4, -0.2) is 19.7 Å². The van der Waals surface area contributed by atoms with E-state index in [0.717, 1.165) is 30.3 Å². The fourth-order valence-corrected chi connectivity index (χ4v) is 2.17. The number of aromatic nitrogens is 4. The molecule has 0 aromatic carbocycles. The van der Waals surface area contributed by atoms with E-state index >= 15 is 0 Å². The van der Waals surface area contributed by atoms with Crippen LogP contribution in [0.5, 0.6) is 0 Å². The normalized spacial score (nSPS) is 15.5. The van der Waals surface area contributed by atoms with Gasteiger partial charge in [-0.3, -0.25) is 4.98 Å². The summed E-state index contributed by atoms with van der Waals surface area (Å²) in [4.78, 5) is 4.34. The lowest BCUT2D eigenvalue weighted by Crippen LogP contribution is -2.03. The van der Waals surface area contributed by atoms with Crippen LogP contribution >= 0.6 is 0 Å². The summed E-state index contributed by atoms with van der Waals surface area (Å²) in [7, 11) is 0. The highest BCUT2D eigenvalue weighted by Gasteiger charge is 2.15. The van der Waals surface area contributed by atoms with Crippen molar-refractivity contribution in [3.8, 4) is 11.5 Å². The first kappa shape index (κ1) is 9.51. The average Bonchev–Trinajstić information content (AvgIpc) is 2.60. The van der Waals surface area contributed by atoms with Crippen molar-refractivity contribution in [2.45, 2.75) is 32.2 Å². The predicted octanol–water partition coefficient (Wildman–Crippen LogP) is 2.07. The average molecular weight is 214 g/mol. The topological polar surface area (TPSA) is 43.6 Å². The molecule has 3 rings (SSSR count). The van der Waals surface area contributed by atoms with Crippen molar-refractivity contribution in [2.75, 3.05) is 0 Å². The quantitative estimate of drug-likeness (QED) is 0.729. The summed E-state index contributed by atoms with van der Waals surface area (Å²) in [5.74, 6) is 2.02. The molecule has 4 nitrogen and oxygen atoms in total. The lowest BCUT2D eigenvalue weighted by atomic mass is 10.2. The Labute approximate surface area is 94.4 Å². The van der Waals surface area contributed by atoms with Crippen LogP contribution in [0.15, 0.2) is 24.4 Å². The smallest absolute Gasteiger partial charge is 0.182 e. The van der Waals surface area contributed by atoms with Crippen molar-refractivity contribution in [3.05, 3.63) is 30.2 Å². The monoisotopic (exact) mass is 214 g/mol. The zero-order chi connectivity index (χ0) is 10.8. The van der Waals surface area contributed by atoms with Gasteiger partial charge in [-0.1, -0.05) is 12.5 Å². The van der Waals surface area contributed by atoms with Gasteiger partial charge < -0.3 is 4.57 Å². The molecular weight excluding hydrogens is 200 g/mol. The van der Waals surface area contributed by atoms with Crippen LogP contribution in [0.25, 0.3) is 11.5 Å². The Morgan fingerprint density at radius 2 is 2.06 bits per heavy atom. The SMILES string of the molecule is c1ccc(-c2nnc3n2CCCCC3)nc1. The summed E-state index contributed by atoms with van der Waals surface area (Å²) >= 11 is 0. The minimum atomic E-state index is 0.914. The molecule has 2 aromatic rings. The van der Waals surface area contributed by atoms with Crippen molar-refractivity contribution in [1.29, 1.82) is 0 Å². The van der Waals surface area contributed by atoms with Crippen molar-refractivity contribution >= 4 is 0 Å². The number of pyridine rings is 1. The van der Waals surface area contributed by atoms with Gasteiger partial charge in [0.1, 0.15) is 11.5 Å². The van der Waals surface area contributed by atoms with Gasteiger partial charge in [-0.15, -0.1) is 10.2 Å². The van der Waals surface area contributed by atoms with E-state index in [1.165, 1.54) is 19.3 Å². The number of nitrogens with zero attached hydrogens (tertiary/aromatic N) is 4. The molecule has 0 aliphatic carbocycles. The van der Waals surface area contributed by atoms with Crippen LogP contribution in [0.3, 0.4) is 0 Å². The molecule has 0 bridgehead atoms. The van der Waals surface area contributed by atoms with Crippen LogP contribution in [0.4, 0.5) is 0 Å². The Morgan fingerprint density at radius 1 is 1.06 bits per heavy atom. The van der Waals surface area contributed by atoms with E-state index in [-0.39, 0.29) is 0 Å². The van der Waals surface area contributed by atoms with Crippen molar-refractivity contribution in [2.24, 2.45) is 0 Å². The summed E-state index contributed by atoms with van der Waals surface area (Å²) < 4.78 is 2.22. The molecule has 0 saturated carbocycles. The third kappa shape index (κ3) is 1.60. The second-order valence-electron chi connectivity index (χ2n) is 4.12. The Bertz CT molecular complexity index is 475. The Hall–Kier alpha value is -1.71. The molecule has 3 heterocycles. The molecule has 0 radical (unpaired) electrons. The van der Waals surface area contributed by atoms with E-state index in [9.17, 15) is 0 Å². The number of aryl methyl sites for hydroxylation is 1. The van der Waals surface area contributed by atoms with E-state index in [2.05, 4.69) is 19.7 Å². The van der Waals surface area contributed by atoms with Crippen molar-refractivity contribution < 1.29 is 0 Å². The lowest BCUT2D eigenvalue weighted by Gasteiger charge is -2.05. The maximum absolute atomic E-state index is 4.34. The van der Waals surface area contributed by atoms with Crippen LogP contribution in [0.1, 0.15) is 25.1 Å². The first-order chi connectivity index (χ1) is 7.95. The van der Waals surface area contributed by atoms with Crippen molar-refractivity contribution in [1.82, 2.24) is 19.7 Å². The number of fused-ring (bicyclic) bond motifs is 1. The van der Waals surface area contributed by atoms with E-state index in [1.807, 2.05) is 18.2 Å². The Kier molecular flexibility index (Phi) is 2.40. The molecule has 0 amide bonds. The highest BCUT2D eigenvalue weighted by Crippen LogP contribution is 2.20. The molecule has 2 aromatic heterocycles. The van der Waals surface area contributed by atoms with Crippen molar-refractivity contribution in [3.63, 3.8) is 0 Å². The third-order valence-electron chi connectivity index (χ3n) is 3.00. The number of rotatable bonds is 1. The molecule has 0 fully saturated rings. The molecule has 1 aliphatic rings. The number of hydrogen-bond donors (Lipinski definition) is 0. The standard InChI is InChI=1S/C12H14N4/c1-2-7-11-14-15-12(16(11)9-5-1)10-6-3-4-8-13-10/h3-4,6,8H,1-2,5,7,9H2. The highest BCUT2D eigenvalue weighted by molar-refractivity contribution is 5.48. The van der Waals surface area contributed by atoms with Crippen LogP contribution in [-0.2, 0) is 13.0 Å². The van der Waals surface area contributed by atoms with Gasteiger partial charge in [0.2, 0.25) is 0 Å². The maximum atomic E-state index is 4.34. The van der Waals surface area contributed by atoms with E-state index in [4.69, 9.17) is 0 Å². The van der Waals surface area contributed by atoms with Gasteiger partial charge in [-0.05, 0) is 25.0 Å². The zero-order valence-corrected chi connectivity index (χ0v) is 9.13. The molecule has 4 heteroatoms. The minimum Gasteiger partial charge on any atom is -0.310 e. The van der Waals surface area contributed by atoms with Crippen LogP contribution in [0, 0.1) is 0 Å². The maximum Gasteiger partial charge on any atom is 0.182 e. The van der Waals surface area contributed by atoms with Crippen LogP contribution < -0.4 is 0 Å². The fraction of sp³-hybridized carbons (Fsp3) is 0.417. The van der Waals surface area contributed by atoms with E-state index < -0.39 is 0 Å². The summed E-state index contributed by atoms with van der Waals surface area (Å²) in [6.07, 6.45) is 6.56. The van der Waals surface area contributed by atoms with Crippen LogP contribution in [0.2, 0.25) is 0 Å². The molecule has 82 valence electrons. The Morgan fingerprint density at radius 3 is 2.94 bits per heavy atom. The largest absolute Gasteiger partial charge is 0.310 e. The van der Waals surface area contributed by atoms with Gasteiger partial charge in [0.25, 0.3) is 0 Å². The molecule has 0 spiro atoms. The van der Waals surface area contributed by atoms with Gasteiger partial charge in [0, 0.05) is 19.2 Å². The van der Waals surface area contributed by atoms with Gasteiger partial charge in [-0.2, -0.15) is 0 Å². The van der Waals surface area contributed by atoms with Gasteiger partial charge in [0.05, 0.1) is 0 Å². The molecule has 0 N–H and O–H groups in total. The number of hydrogen-bond acceptors (Lipinski definition) is 3. The molecule has 0 unspecified atom stereocenters. The second kappa shape index (κ2) is 4.04. The van der Waals surface area contributed by atoms with E-state index in [0.29, 0.717) is 0 Å². The summed E-state index contributed by atoms with van der Waals surface area (Å²) in [6, 6.07) is 5.89. The summed E-state index contributed by atoms with van der Waals surface area (Å²) in [5.41, 5.74) is 0.920. The molecule has 16 heavy (non-hydrogen) atoms. The van der Waals surface area contributed by atoms with Gasteiger partial charge >= 0.3 is 0 Å². The third-order valence-corrected chi connectivity index (χ3v) is 3.00. The van der Waals surface area contributed by atoms with Gasteiger partial charge in [0.15, 0.2) is 5.82 Å². The second-order valence-corrected chi connectivity index (χ2v) is 4.12. The first-order valence-corrected chi connectivity index (χ1v) is 5.78. The lowest BCUT2D eigenvalue weighted by molar-refractivity contribution is 0.636. The minimum absolute atomic E-state index is 0.914. The summed E-state index contributed by atoms with van der Waals surface area (Å²) in [6.45, 7) is 1.02. The molecule has 0 atom stereocenters. The molecule has 0 saturated heterocycles. The first-order valence-electron chi connectivity index (χ1n) is 5.78. The summed E-state index contributed by atoms with van der Waals surface area (Å²) in [5, 5.41) is 8.53. The van der Waals surface area contributed by atoms with Gasteiger partial charge in [-0.25, -0.2) is 0 Å². The predicted molar refractivity (Wildman–Crippen MR) is 60.8 cm³/mol. The fourth-order valence-electron chi connectivity index (χ4n) is 2.17.